The lowest BCUT2D eigenvalue weighted by Crippen LogP contribution is -2.15. The number of fused-ring (bicyclic) bond motifs is 6. The molecule has 3 aromatic heterocycles. The van der Waals surface area contributed by atoms with E-state index in [0.29, 0.717) is 17.4 Å². The van der Waals surface area contributed by atoms with Crippen LogP contribution in [0.25, 0.3) is 16.4 Å². The molecule has 0 saturated heterocycles. The number of hydrogen-bond donors (Lipinski definition) is 0. The summed E-state index contributed by atoms with van der Waals surface area (Å²) in [6, 6.07) is 26.9. The van der Waals surface area contributed by atoms with E-state index in [4.69, 9.17) is 14.6 Å². The van der Waals surface area contributed by atoms with Crippen molar-refractivity contribution in [2.45, 2.75) is 19.4 Å². The summed E-state index contributed by atoms with van der Waals surface area (Å²) in [5.41, 5.74) is 4.60. The first-order chi connectivity index (χ1) is 18.3. The van der Waals surface area contributed by atoms with Gasteiger partial charge in [-0.15, -0.1) is 16.4 Å². The van der Waals surface area contributed by atoms with Crippen LogP contribution in [0.4, 0.5) is 0 Å². The van der Waals surface area contributed by atoms with Gasteiger partial charge in [0.15, 0.2) is 18.1 Å². The second kappa shape index (κ2) is 8.83. The molecule has 7 rings (SSSR count). The number of aromatic nitrogens is 4. The van der Waals surface area contributed by atoms with E-state index >= 15 is 0 Å². The lowest BCUT2D eigenvalue weighted by atomic mass is 9.83. The monoisotopic (exact) mass is 503 g/mol. The van der Waals surface area contributed by atoms with Gasteiger partial charge in [0.1, 0.15) is 12.1 Å². The fourth-order valence-corrected chi connectivity index (χ4v) is 5.53. The van der Waals surface area contributed by atoms with Crippen molar-refractivity contribution < 1.29 is 9.57 Å². The Labute approximate surface area is 216 Å². The lowest BCUT2D eigenvalue weighted by Gasteiger charge is -2.28. The minimum absolute atomic E-state index is 0.113. The van der Waals surface area contributed by atoms with Gasteiger partial charge in [-0.1, -0.05) is 78.0 Å². The molecule has 0 fully saturated rings. The summed E-state index contributed by atoms with van der Waals surface area (Å²) in [5, 5.41) is 13.0. The summed E-state index contributed by atoms with van der Waals surface area (Å²) < 4.78 is 8.16. The molecule has 0 amide bonds. The van der Waals surface area contributed by atoms with Crippen LogP contribution in [-0.2, 0) is 11.4 Å². The summed E-state index contributed by atoms with van der Waals surface area (Å²) in [4.78, 5) is 16.2. The largest absolute Gasteiger partial charge is 0.438 e. The molecule has 8 heteroatoms. The molecule has 0 bridgehead atoms. The summed E-state index contributed by atoms with van der Waals surface area (Å²) in [6.45, 7) is 2.07. The van der Waals surface area contributed by atoms with Gasteiger partial charge in [0.2, 0.25) is 5.88 Å². The second-order valence-corrected chi connectivity index (χ2v) is 9.79. The Morgan fingerprint density at radius 2 is 1.89 bits per heavy atom. The normalized spacial score (nSPS) is 14.8. The molecule has 1 atom stereocenters. The Morgan fingerprint density at radius 3 is 2.76 bits per heavy atom. The zero-order valence-electron chi connectivity index (χ0n) is 19.9. The topological polar surface area (TPSA) is 73.9 Å². The van der Waals surface area contributed by atoms with Crippen molar-refractivity contribution in [3.8, 4) is 11.6 Å². The summed E-state index contributed by atoms with van der Waals surface area (Å²) >= 11 is 1.62. The van der Waals surface area contributed by atoms with E-state index in [2.05, 4.69) is 63.8 Å². The van der Waals surface area contributed by atoms with Crippen molar-refractivity contribution in [1.29, 1.82) is 0 Å². The molecule has 7 nitrogen and oxygen atoms in total. The van der Waals surface area contributed by atoms with E-state index in [0.717, 1.165) is 43.8 Å². The Morgan fingerprint density at radius 1 is 1.03 bits per heavy atom. The van der Waals surface area contributed by atoms with E-state index < -0.39 is 0 Å². The van der Waals surface area contributed by atoms with Crippen molar-refractivity contribution in [3.63, 3.8) is 0 Å². The highest BCUT2D eigenvalue weighted by Gasteiger charge is 2.34. The SMILES string of the molecule is C/C(=N/OCc1nc2c3c(ncn2n1)Oc1c(ccc2ccccc12)C3c1ccccc1)c1cccs1. The highest BCUT2D eigenvalue weighted by molar-refractivity contribution is 7.12. The molecule has 0 aliphatic carbocycles. The van der Waals surface area contributed by atoms with Crippen LogP contribution in [0.1, 0.15) is 40.2 Å². The quantitative estimate of drug-likeness (QED) is 0.196. The van der Waals surface area contributed by atoms with Crippen molar-refractivity contribution in [2.75, 3.05) is 0 Å². The van der Waals surface area contributed by atoms with Crippen LogP contribution in [0, 0.1) is 0 Å². The average Bonchev–Trinajstić information content (AvgIpc) is 3.63. The van der Waals surface area contributed by atoms with Crippen molar-refractivity contribution in [2.24, 2.45) is 5.16 Å². The van der Waals surface area contributed by atoms with Gasteiger partial charge in [0.05, 0.1) is 16.2 Å². The molecule has 0 N–H and O–H groups in total. The number of rotatable bonds is 5. The number of nitrogens with zero attached hydrogens (tertiary/aromatic N) is 5. The molecule has 1 aliphatic rings. The highest BCUT2D eigenvalue weighted by atomic mass is 32.1. The maximum atomic E-state index is 6.47. The fraction of sp³-hybridized carbons (Fsp3) is 0.103. The van der Waals surface area contributed by atoms with Gasteiger partial charge in [-0.3, -0.25) is 0 Å². The first-order valence-electron chi connectivity index (χ1n) is 12.0. The van der Waals surface area contributed by atoms with Crippen molar-refractivity contribution >= 4 is 33.5 Å². The minimum atomic E-state index is -0.113. The van der Waals surface area contributed by atoms with Gasteiger partial charge in [0.25, 0.3) is 0 Å². The van der Waals surface area contributed by atoms with Crippen LogP contribution in [0.3, 0.4) is 0 Å². The number of ether oxygens (including phenoxy) is 1. The second-order valence-electron chi connectivity index (χ2n) is 8.84. The molecule has 0 spiro atoms. The smallest absolute Gasteiger partial charge is 0.228 e. The highest BCUT2D eigenvalue weighted by Crippen LogP contribution is 2.50. The van der Waals surface area contributed by atoms with E-state index in [9.17, 15) is 0 Å². The molecular weight excluding hydrogens is 482 g/mol. The van der Waals surface area contributed by atoms with Crippen LogP contribution in [0.2, 0.25) is 0 Å². The first kappa shape index (κ1) is 21.7. The van der Waals surface area contributed by atoms with Crippen molar-refractivity contribution in [3.05, 3.63) is 118 Å². The summed E-state index contributed by atoms with van der Waals surface area (Å²) in [5.74, 6) is 1.78. The van der Waals surface area contributed by atoms with Gasteiger partial charge >= 0.3 is 0 Å². The number of hydrogen-bond acceptors (Lipinski definition) is 7. The maximum Gasteiger partial charge on any atom is 0.228 e. The Bertz CT molecular complexity index is 1780. The van der Waals surface area contributed by atoms with Crippen LogP contribution < -0.4 is 4.74 Å². The van der Waals surface area contributed by atoms with E-state index in [1.807, 2.05) is 42.6 Å². The molecule has 0 saturated carbocycles. The zero-order chi connectivity index (χ0) is 24.8. The minimum Gasteiger partial charge on any atom is -0.438 e. The lowest BCUT2D eigenvalue weighted by molar-refractivity contribution is 0.125. The number of oxime groups is 1. The summed E-state index contributed by atoms with van der Waals surface area (Å²) in [6.07, 6.45) is 1.64. The van der Waals surface area contributed by atoms with E-state index in [1.54, 1.807) is 22.2 Å². The number of benzene rings is 3. The average molecular weight is 504 g/mol. The molecule has 37 heavy (non-hydrogen) atoms. The molecule has 6 aromatic rings. The van der Waals surface area contributed by atoms with Gasteiger partial charge in [0, 0.05) is 16.9 Å². The van der Waals surface area contributed by atoms with E-state index in [1.165, 1.54) is 0 Å². The van der Waals surface area contributed by atoms with Gasteiger partial charge in [-0.05, 0) is 29.3 Å². The van der Waals surface area contributed by atoms with Crippen molar-refractivity contribution in [1.82, 2.24) is 19.6 Å². The zero-order valence-corrected chi connectivity index (χ0v) is 20.7. The molecular formula is C29H21N5O2S. The van der Waals surface area contributed by atoms with Crippen LogP contribution in [-0.4, -0.2) is 25.3 Å². The number of thiophene rings is 1. The van der Waals surface area contributed by atoms with Gasteiger partial charge in [-0.2, -0.15) is 0 Å². The standard InChI is InChI=1S/C29H21N5O2S/c1-18(23-12-7-15-37-23)33-35-16-24-31-28-26-25(20-9-3-2-4-10-20)22-14-13-19-8-5-6-11-21(19)27(22)36-29(26)30-17-34(28)32-24/h2-15,17,25H,16H2,1H3/b33-18-. The summed E-state index contributed by atoms with van der Waals surface area (Å²) in [7, 11) is 0. The Hall–Kier alpha value is -4.56. The van der Waals surface area contributed by atoms with Gasteiger partial charge in [-0.25, -0.2) is 14.5 Å². The molecule has 0 radical (unpaired) electrons. The third-order valence-electron chi connectivity index (χ3n) is 6.55. The molecule has 180 valence electrons. The Balaban J connectivity index is 1.33. The molecule has 1 aliphatic heterocycles. The first-order valence-corrected chi connectivity index (χ1v) is 12.8. The van der Waals surface area contributed by atoms with Gasteiger partial charge < -0.3 is 9.57 Å². The third kappa shape index (κ3) is 3.73. The molecule has 4 heterocycles. The molecule has 3 aromatic carbocycles. The third-order valence-corrected chi connectivity index (χ3v) is 7.52. The fourth-order valence-electron chi connectivity index (χ4n) is 4.86. The predicted octanol–water partition coefficient (Wildman–Crippen LogP) is 6.57. The van der Waals surface area contributed by atoms with Crippen LogP contribution >= 0.6 is 11.3 Å². The van der Waals surface area contributed by atoms with E-state index in [-0.39, 0.29) is 12.5 Å². The Kier molecular flexibility index (Phi) is 5.18. The predicted molar refractivity (Wildman–Crippen MR) is 144 cm³/mol. The van der Waals surface area contributed by atoms with Crippen LogP contribution in [0.15, 0.2) is 95.7 Å². The molecule has 1 unspecified atom stereocenters. The maximum absolute atomic E-state index is 6.47. The van der Waals surface area contributed by atoms with Crippen LogP contribution in [0.5, 0.6) is 11.6 Å².